The van der Waals surface area contributed by atoms with E-state index in [1.54, 1.807) is 7.11 Å². The van der Waals surface area contributed by atoms with E-state index in [4.69, 9.17) is 4.74 Å². The van der Waals surface area contributed by atoms with Crippen LogP contribution in [0.3, 0.4) is 0 Å². The number of hydrogen-bond donors (Lipinski definition) is 1. The first-order chi connectivity index (χ1) is 7.86. The van der Waals surface area contributed by atoms with Crippen molar-refractivity contribution < 1.29 is 4.74 Å². The molecular formula is C14H17NO. The third-order valence-electron chi connectivity index (χ3n) is 3.60. The minimum absolute atomic E-state index is 0.582. The van der Waals surface area contributed by atoms with Gasteiger partial charge in [0, 0.05) is 17.6 Å². The van der Waals surface area contributed by atoms with E-state index in [0.717, 1.165) is 12.2 Å². The normalized spacial score (nSPS) is 27.7. The molecule has 2 aliphatic rings. The third kappa shape index (κ3) is 1.63. The number of methoxy groups -OCH3 is 1. The average molecular weight is 215 g/mol. The quantitative estimate of drug-likeness (QED) is 0.818. The van der Waals surface area contributed by atoms with Crippen molar-refractivity contribution in [3.05, 3.63) is 35.9 Å². The molecule has 1 fully saturated rings. The Morgan fingerprint density at radius 1 is 1.25 bits per heavy atom. The van der Waals surface area contributed by atoms with Gasteiger partial charge < -0.3 is 10.1 Å². The molecule has 1 aromatic carbocycles. The molecule has 0 unspecified atom stereocenters. The minimum Gasteiger partial charge on any atom is -0.496 e. The van der Waals surface area contributed by atoms with Crippen molar-refractivity contribution in [2.24, 2.45) is 0 Å². The number of rotatable bonds is 2. The Morgan fingerprint density at radius 3 is 2.94 bits per heavy atom. The molecule has 2 aliphatic heterocycles. The Morgan fingerprint density at radius 2 is 2.12 bits per heavy atom. The van der Waals surface area contributed by atoms with Crippen molar-refractivity contribution in [3.63, 3.8) is 0 Å². The van der Waals surface area contributed by atoms with E-state index in [-0.39, 0.29) is 0 Å². The van der Waals surface area contributed by atoms with Gasteiger partial charge in [-0.05, 0) is 30.9 Å². The summed E-state index contributed by atoms with van der Waals surface area (Å²) >= 11 is 0. The molecule has 1 aromatic rings. The lowest BCUT2D eigenvalue weighted by Crippen LogP contribution is -2.31. The summed E-state index contributed by atoms with van der Waals surface area (Å²) in [5, 5.41) is 3.61. The molecule has 2 nitrogen and oxygen atoms in total. The Kier molecular flexibility index (Phi) is 2.44. The summed E-state index contributed by atoms with van der Waals surface area (Å²) in [6.07, 6.45) is 6.10. The largest absolute Gasteiger partial charge is 0.496 e. The highest BCUT2D eigenvalue weighted by Gasteiger charge is 2.28. The number of para-hydroxylation sites is 1. The topological polar surface area (TPSA) is 21.3 Å². The fraction of sp³-hybridized carbons (Fsp3) is 0.429. The highest BCUT2D eigenvalue weighted by molar-refractivity contribution is 5.72. The van der Waals surface area contributed by atoms with Gasteiger partial charge in [-0.25, -0.2) is 0 Å². The first-order valence-electron chi connectivity index (χ1n) is 5.97. The number of ether oxygens (including phenoxy) is 1. The molecule has 16 heavy (non-hydrogen) atoms. The third-order valence-corrected chi connectivity index (χ3v) is 3.60. The molecule has 0 radical (unpaired) electrons. The van der Waals surface area contributed by atoms with Crippen LogP contribution in [0.1, 0.15) is 24.8 Å². The Bertz CT molecular complexity index is 424. The summed E-state index contributed by atoms with van der Waals surface area (Å²) in [7, 11) is 1.75. The van der Waals surface area contributed by atoms with Crippen molar-refractivity contribution in [1.82, 2.24) is 5.32 Å². The van der Waals surface area contributed by atoms with Crippen LogP contribution in [0.4, 0.5) is 0 Å². The van der Waals surface area contributed by atoms with Gasteiger partial charge >= 0.3 is 0 Å². The maximum Gasteiger partial charge on any atom is 0.126 e. The molecular weight excluding hydrogens is 198 g/mol. The van der Waals surface area contributed by atoms with Gasteiger partial charge in [-0.15, -0.1) is 0 Å². The maximum atomic E-state index is 5.43. The SMILES string of the molecule is COc1ccccc1C1=C[C@H]2CC[C@@H](C1)N2. The lowest BCUT2D eigenvalue weighted by atomic mass is 9.95. The van der Waals surface area contributed by atoms with E-state index in [0.29, 0.717) is 12.1 Å². The molecule has 1 N–H and O–H groups in total. The highest BCUT2D eigenvalue weighted by Crippen LogP contribution is 2.35. The van der Waals surface area contributed by atoms with Gasteiger partial charge in [0.1, 0.15) is 5.75 Å². The molecule has 1 saturated heterocycles. The van der Waals surface area contributed by atoms with E-state index >= 15 is 0 Å². The average Bonchev–Trinajstić information content (AvgIpc) is 2.68. The van der Waals surface area contributed by atoms with Gasteiger partial charge in [0.05, 0.1) is 7.11 Å². The number of nitrogens with one attached hydrogen (secondary N) is 1. The lowest BCUT2D eigenvalue weighted by Gasteiger charge is -2.22. The van der Waals surface area contributed by atoms with Crippen LogP contribution < -0.4 is 10.1 Å². The van der Waals surface area contributed by atoms with Crippen LogP contribution in [0, 0.1) is 0 Å². The highest BCUT2D eigenvalue weighted by atomic mass is 16.5. The number of benzene rings is 1. The first kappa shape index (κ1) is 9.91. The van der Waals surface area contributed by atoms with E-state index in [1.165, 1.54) is 24.0 Å². The van der Waals surface area contributed by atoms with Gasteiger partial charge in [0.15, 0.2) is 0 Å². The maximum absolute atomic E-state index is 5.43. The summed E-state index contributed by atoms with van der Waals surface area (Å²) in [4.78, 5) is 0. The van der Waals surface area contributed by atoms with Crippen molar-refractivity contribution in [2.45, 2.75) is 31.3 Å². The second-order valence-corrected chi connectivity index (χ2v) is 4.64. The van der Waals surface area contributed by atoms with Crippen molar-refractivity contribution in [3.8, 4) is 5.75 Å². The lowest BCUT2D eigenvalue weighted by molar-refractivity contribution is 0.413. The van der Waals surface area contributed by atoms with E-state index in [9.17, 15) is 0 Å². The zero-order chi connectivity index (χ0) is 11.0. The summed E-state index contributed by atoms with van der Waals surface area (Å²) < 4.78 is 5.43. The number of fused-ring (bicyclic) bond motifs is 2. The molecule has 0 aromatic heterocycles. The molecule has 2 bridgehead atoms. The summed E-state index contributed by atoms with van der Waals surface area (Å²) in [6.45, 7) is 0. The summed E-state index contributed by atoms with van der Waals surface area (Å²) in [5.74, 6) is 0.995. The van der Waals surface area contributed by atoms with Gasteiger partial charge in [-0.2, -0.15) is 0 Å². The fourth-order valence-electron chi connectivity index (χ4n) is 2.83. The van der Waals surface area contributed by atoms with Gasteiger partial charge in [-0.3, -0.25) is 0 Å². The zero-order valence-electron chi connectivity index (χ0n) is 9.57. The van der Waals surface area contributed by atoms with E-state index < -0.39 is 0 Å². The van der Waals surface area contributed by atoms with Crippen molar-refractivity contribution >= 4 is 5.57 Å². The van der Waals surface area contributed by atoms with Crippen LogP contribution in [-0.4, -0.2) is 19.2 Å². The second-order valence-electron chi connectivity index (χ2n) is 4.64. The molecule has 0 amide bonds. The Hall–Kier alpha value is -1.28. The zero-order valence-corrected chi connectivity index (χ0v) is 9.57. The summed E-state index contributed by atoms with van der Waals surface area (Å²) in [5.41, 5.74) is 2.71. The predicted molar refractivity (Wildman–Crippen MR) is 65.5 cm³/mol. The van der Waals surface area contributed by atoms with Crippen LogP contribution in [0.15, 0.2) is 30.3 Å². The summed E-state index contributed by atoms with van der Waals surface area (Å²) in [6, 6.07) is 9.57. The molecule has 2 heteroatoms. The van der Waals surface area contributed by atoms with Gasteiger partial charge in [0.2, 0.25) is 0 Å². The first-order valence-corrected chi connectivity index (χ1v) is 5.97. The molecule has 2 atom stereocenters. The molecule has 0 saturated carbocycles. The smallest absolute Gasteiger partial charge is 0.126 e. The molecule has 84 valence electrons. The van der Waals surface area contributed by atoms with Crippen LogP contribution in [0.2, 0.25) is 0 Å². The molecule has 0 aliphatic carbocycles. The van der Waals surface area contributed by atoms with Crippen molar-refractivity contribution in [2.75, 3.05) is 7.11 Å². The van der Waals surface area contributed by atoms with E-state index in [1.807, 2.05) is 12.1 Å². The van der Waals surface area contributed by atoms with E-state index in [2.05, 4.69) is 23.5 Å². The fourth-order valence-corrected chi connectivity index (χ4v) is 2.83. The van der Waals surface area contributed by atoms with Crippen LogP contribution in [0.25, 0.3) is 5.57 Å². The number of hydrogen-bond acceptors (Lipinski definition) is 2. The van der Waals surface area contributed by atoms with Crippen LogP contribution in [-0.2, 0) is 0 Å². The standard InChI is InChI=1S/C14H17NO/c1-16-14-5-3-2-4-13(14)10-8-11-6-7-12(9-10)15-11/h2-5,8,11-12,15H,6-7,9H2,1H3/t11-,12+/m1/s1. The van der Waals surface area contributed by atoms with Crippen LogP contribution in [0.5, 0.6) is 5.75 Å². The molecule has 3 rings (SSSR count). The van der Waals surface area contributed by atoms with Gasteiger partial charge in [0.25, 0.3) is 0 Å². The predicted octanol–water partition coefficient (Wildman–Crippen LogP) is 2.60. The Balaban J connectivity index is 1.97. The Labute approximate surface area is 96.3 Å². The van der Waals surface area contributed by atoms with Crippen molar-refractivity contribution in [1.29, 1.82) is 0 Å². The molecule has 0 spiro atoms. The monoisotopic (exact) mass is 215 g/mol. The molecule has 2 heterocycles. The van der Waals surface area contributed by atoms with Crippen LogP contribution >= 0.6 is 0 Å². The van der Waals surface area contributed by atoms with Gasteiger partial charge in [-0.1, -0.05) is 24.3 Å². The minimum atomic E-state index is 0.582. The second kappa shape index (κ2) is 3.95.